The molecule has 3 heterocycles. The molecule has 0 amide bonds. The Balaban J connectivity index is 1.17. The van der Waals surface area contributed by atoms with Gasteiger partial charge in [-0.25, -0.2) is 9.97 Å². The molecule has 0 bridgehead atoms. The van der Waals surface area contributed by atoms with E-state index in [1.807, 2.05) is 12.1 Å². The van der Waals surface area contributed by atoms with Gasteiger partial charge in [-0.3, -0.25) is 4.90 Å². The Hall–Kier alpha value is -7.56. The highest BCUT2D eigenvalue weighted by Gasteiger charge is 2.52. The summed E-state index contributed by atoms with van der Waals surface area (Å²) in [4.78, 5) is 13.0. The molecule has 57 heavy (non-hydrogen) atoms. The fourth-order valence-corrected chi connectivity index (χ4v) is 9.77. The number of hydrogen-bond donors (Lipinski definition) is 0. The molecule has 1 aliphatic carbocycles. The van der Waals surface area contributed by atoms with Crippen LogP contribution in [0.4, 0.5) is 17.3 Å². The average molecular weight is 727 g/mol. The molecule has 2 aliphatic rings. The van der Waals surface area contributed by atoms with E-state index in [0.29, 0.717) is 5.95 Å². The predicted octanol–water partition coefficient (Wildman–Crippen LogP) is 13.1. The van der Waals surface area contributed by atoms with Crippen LogP contribution in [0, 0.1) is 0 Å². The van der Waals surface area contributed by atoms with Crippen LogP contribution in [-0.4, -0.2) is 14.5 Å². The first-order valence-corrected chi connectivity index (χ1v) is 19.5. The number of nitrogens with zero attached hydrogens (tertiary/aromatic N) is 4. The molecule has 0 saturated carbocycles. The quantitative estimate of drug-likeness (QED) is 0.181. The highest BCUT2D eigenvalue weighted by Crippen LogP contribution is 2.64. The van der Waals surface area contributed by atoms with Gasteiger partial charge in [-0.2, -0.15) is 0 Å². The third-order valence-corrected chi connectivity index (χ3v) is 12.0. The summed E-state index contributed by atoms with van der Waals surface area (Å²) < 4.78 is 2.42. The van der Waals surface area contributed by atoms with Gasteiger partial charge in [0.05, 0.1) is 39.2 Å². The Morgan fingerprint density at radius 1 is 0.404 bits per heavy atom. The van der Waals surface area contributed by atoms with Crippen molar-refractivity contribution in [1.29, 1.82) is 0 Å². The third-order valence-electron chi connectivity index (χ3n) is 12.0. The first kappa shape index (κ1) is 31.8. The lowest BCUT2D eigenvalue weighted by atomic mass is 9.64. The summed E-state index contributed by atoms with van der Waals surface area (Å²) in [6, 6.07) is 74.2. The Morgan fingerprint density at radius 2 is 0.930 bits per heavy atom. The van der Waals surface area contributed by atoms with Crippen molar-refractivity contribution in [1.82, 2.24) is 14.5 Å². The second-order valence-electron chi connectivity index (χ2n) is 14.9. The molecule has 4 nitrogen and oxygen atoms in total. The predicted molar refractivity (Wildman–Crippen MR) is 233 cm³/mol. The van der Waals surface area contributed by atoms with Gasteiger partial charge in [0.15, 0.2) is 0 Å². The van der Waals surface area contributed by atoms with E-state index in [1.54, 1.807) is 0 Å². The minimum atomic E-state index is -0.598. The van der Waals surface area contributed by atoms with Gasteiger partial charge < -0.3 is 4.57 Å². The number of anilines is 3. The van der Waals surface area contributed by atoms with E-state index in [4.69, 9.17) is 9.97 Å². The van der Waals surface area contributed by atoms with Crippen molar-refractivity contribution in [3.05, 3.63) is 229 Å². The normalized spacial score (nSPS) is 13.4. The first-order valence-electron chi connectivity index (χ1n) is 19.5. The lowest BCUT2D eigenvalue weighted by Gasteiger charge is -2.44. The number of hydrogen-bond acceptors (Lipinski definition) is 3. The van der Waals surface area contributed by atoms with E-state index < -0.39 is 5.41 Å². The second-order valence-corrected chi connectivity index (χ2v) is 14.9. The first-order chi connectivity index (χ1) is 28.3. The zero-order valence-corrected chi connectivity index (χ0v) is 30.9. The summed E-state index contributed by atoms with van der Waals surface area (Å²) in [7, 11) is 0. The molecule has 0 N–H and O–H groups in total. The maximum Gasteiger partial charge on any atom is 0.235 e. The van der Waals surface area contributed by atoms with Crippen molar-refractivity contribution in [2.75, 3.05) is 4.90 Å². The molecule has 0 unspecified atom stereocenters. The largest absolute Gasteiger partial charge is 0.309 e. The van der Waals surface area contributed by atoms with Crippen molar-refractivity contribution in [3.8, 4) is 39.3 Å². The van der Waals surface area contributed by atoms with Gasteiger partial charge in [-0.15, -0.1) is 0 Å². The summed E-state index contributed by atoms with van der Waals surface area (Å²) in [5, 5.41) is 2.53. The summed E-state index contributed by atoms with van der Waals surface area (Å²) in [5.74, 6) is 0.637. The van der Waals surface area contributed by atoms with Gasteiger partial charge in [0, 0.05) is 27.6 Å². The maximum absolute atomic E-state index is 5.37. The second kappa shape index (κ2) is 12.2. The fraction of sp³-hybridized carbons (Fsp3) is 0.0189. The molecule has 0 atom stereocenters. The molecule has 0 radical (unpaired) electrons. The topological polar surface area (TPSA) is 34.0 Å². The molecule has 1 aliphatic heterocycles. The number of rotatable bonds is 4. The van der Waals surface area contributed by atoms with E-state index in [-0.39, 0.29) is 0 Å². The highest BCUT2D eigenvalue weighted by molar-refractivity contribution is 6.18. The lowest BCUT2D eigenvalue weighted by Crippen LogP contribution is -2.36. The number of para-hydroxylation sites is 4. The van der Waals surface area contributed by atoms with Crippen LogP contribution in [0.25, 0.3) is 61.1 Å². The zero-order chi connectivity index (χ0) is 37.5. The van der Waals surface area contributed by atoms with E-state index in [1.165, 1.54) is 55.2 Å². The monoisotopic (exact) mass is 726 g/mol. The molecule has 1 spiro atoms. The van der Waals surface area contributed by atoms with E-state index in [9.17, 15) is 0 Å². The van der Waals surface area contributed by atoms with E-state index in [2.05, 4.69) is 204 Å². The van der Waals surface area contributed by atoms with Gasteiger partial charge in [0.1, 0.15) is 0 Å². The van der Waals surface area contributed by atoms with Gasteiger partial charge in [0.2, 0.25) is 5.95 Å². The molecule has 0 fully saturated rings. The van der Waals surface area contributed by atoms with Gasteiger partial charge in [-0.05, 0) is 75.8 Å². The van der Waals surface area contributed by atoms with Crippen LogP contribution in [0.3, 0.4) is 0 Å². The number of aromatic nitrogens is 3. The molecule has 10 aromatic rings. The van der Waals surface area contributed by atoms with Crippen molar-refractivity contribution >= 4 is 39.1 Å². The lowest BCUT2D eigenvalue weighted by molar-refractivity contribution is 0.750. The van der Waals surface area contributed by atoms with Crippen molar-refractivity contribution in [3.63, 3.8) is 0 Å². The van der Waals surface area contributed by atoms with Crippen LogP contribution in [0.2, 0.25) is 0 Å². The van der Waals surface area contributed by atoms with E-state index >= 15 is 0 Å². The van der Waals surface area contributed by atoms with Crippen molar-refractivity contribution < 1.29 is 0 Å². The van der Waals surface area contributed by atoms with Crippen LogP contribution in [0.15, 0.2) is 206 Å². The molecule has 8 aromatic carbocycles. The molecule has 4 heteroatoms. The number of fused-ring (bicyclic) bond motifs is 13. The van der Waals surface area contributed by atoms with Crippen LogP contribution in [0.1, 0.15) is 22.3 Å². The van der Waals surface area contributed by atoms with Gasteiger partial charge in [-0.1, -0.05) is 164 Å². The fourth-order valence-electron chi connectivity index (χ4n) is 9.77. The Labute approximate surface area is 330 Å². The molecule has 2 aromatic heterocycles. The average Bonchev–Trinajstić information content (AvgIpc) is 3.78. The standard InChI is InChI=1S/C53H34N4/c1-4-18-35(19-5-1)44-34-45(36-20-6-2-7-21-36)55-52(54-44)57-47-30-16-13-27-41(47)53(42-28-14-17-31-48(42)57)40-26-12-10-24-38(40)50-43(53)32-33-49-51(50)39-25-11-15-29-46(39)56(49)37-22-8-3-9-23-37/h1-34H. The third kappa shape index (κ3) is 4.44. The van der Waals surface area contributed by atoms with Crippen LogP contribution in [-0.2, 0) is 5.41 Å². The SMILES string of the molecule is c1ccc(-c2cc(-c3ccccc3)nc(N3c4ccccc4C4(c5ccccc5-c5c4ccc4c5c5ccccc5n4-c4ccccc4)c4ccccc43)n2)cc1. The van der Waals surface area contributed by atoms with Crippen molar-refractivity contribution in [2.24, 2.45) is 0 Å². The zero-order valence-electron chi connectivity index (χ0n) is 30.9. The maximum atomic E-state index is 5.37. The molecular weight excluding hydrogens is 693 g/mol. The van der Waals surface area contributed by atoms with Gasteiger partial charge in [0.25, 0.3) is 0 Å². The van der Waals surface area contributed by atoms with Crippen LogP contribution >= 0.6 is 0 Å². The Morgan fingerprint density at radius 3 is 1.58 bits per heavy atom. The van der Waals surface area contributed by atoms with E-state index in [0.717, 1.165) is 39.6 Å². The van der Waals surface area contributed by atoms with Crippen molar-refractivity contribution in [2.45, 2.75) is 5.41 Å². The summed E-state index contributed by atoms with van der Waals surface area (Å²) in [5.41, 5.74) is 16.5. The van der Waals surface area contributed by atoms with Crippen LogP contribution in [0.5, 0.6) is 0 Å². The smallest absolute Gasteiger partial charge is 0.235 e. The minimum absolute atomic E-state index is 0.598. The minimum Gasteiger partial charge on any atom is -0.309 e. The summed E-state index contributed by atoms with van der Waals surface area (Å²) in [6.45, 7) is 0. The molecule has 0 saturated heterocycles. The summed E-state index contributed by atoms with van der Waals surface area (Å²) in [6.07, 6.45) is 0. The molecular formula is C53H34N4. The summed E-state index contributed by atoms with van der Waals surface area (Å²) >= 11 is 0. The Kier molecular flexibility index (Phi) is 6.81. The Bertz CT molecular complexity index is 3080. The number of benzene rings is 8. The van der Waals surface area contributed by atoms with Gasteiger partial charge >= 0.3 is 0 Å². The molecule has 266 valence electrons. The molecule has 12 rings (SSSR count). The highest BCUT2D eigenvalue weighted by atomic mass is 15.3. The van der Waals surface area contributed by atoms with Crippen LogP contribution < -0.4 is 4.90 Å².